The van der Waals surface area contributed by atoms with Crippen LogP contribution in [-0.4, -0.2) is 9.58 Å². The molecule has 0 unspecified atom stereocenters. The van der Waals surface area contributed by atoms with Crippen LogP contribution >= 0.6 is 32.6 Å². The molecule has 1 N–H and O–H groups in total. The molecule has 0 aliphatic rings. The van der Waals surface area contributed by atoms with Gasteiger partial charge in [-0.15, -0.1) is 7.68 Å². The third-order valence-electron chi connectivity index (χ3n) is 0.470. The summed E-state index contributed by atoms with van der Waals surface area (Å²) in [5.74, 6) is 0. The van der Waals surface area contributed by atoms with Crippen molar-refractivity contribution in [3.63, 3.8) is 0 Å². The van der Waals surface area contributed by atoms with Gasteiger partial charge >= 0.3 is 4.94 Å². The summed E-state index contributed by atoms with van der Waals surface area (Å²) < 4.78 is 11.1. The molecule has 9 heavy (non-hydrogen) atoms. The Kier molecular flexibility index (Phi) is 2.42. The van der Waals surface area contributed by atoms with Gasteiger partial charge < -0.3 is 4.42 Å². The van der Waals surface area contributed by atoms with E-state index in [4.69, 9.17) is 5.21 Å². The van der Waals surface area contributed by atoms with Gasteiger partial charge in [0.25, 0.3) is 3.90 Å². The molecule has 1 aromatic rings. The van der Waals surface area contributed by atoms with Gasteiger partial charge in [0.15, 0.2) is 0 Å². The number of nitrogens with zero attached hydrogens (tertiary/aromatic N) is 2. The first kappa shape index (κ1) is 6.96. The van der Waals surface area contributed by atoms with E-state index in [0.717, 1.165) is 11.5 Å². The fourth-order valence-corrected chi connectivity index (χ4v) is 1.77. The second-order valence-corrected chi connectivity index (χ2v) is 3.48. The first-order chi connectivity index (χ1) is 4.33. The number of hydrogen-bond donors (Lipinski definition) is 1. The van der Waals surface area contributed by atoms with Crippen molar-refractivity contribution in [2.75, 3.05) is 0 Å². The van der Waals surface area contributed by atoms with Crippen molar-refractivity contribution in [1.29, 1.82) is 0 Å². The van der Waals surface area contributed by atoms with Crippen molar-refractivity contribution in [2.45, 2.75) is 0 Å². The number of halogens is 1. The van der Waals surface area contributed by atoms with Crippen molar-refractivity contribution in [3.8, 4) is 0 Å². The Labute approximate surface area is 63.6 Å². The Morgan fingerprint density at radius 3 is 3.11 bits per heavy atom. The highest BCUT2D eigenvalue weighted by molar-refractivity contribution is 14.2. The van der Waals surface area contributed by atoms with Crippen LogP contribution in [0, 0.1) is 3.90 Å². The molecular formula is C2HIN2O3S. The zero-order valence-electron chi connectivity index (χ0n) is 3.94. The van der Waals surface area contributed by atoms with Crippen LogP contribution in [-0.2, 0) is 0 Å². The minimum absolute atomic E-state index is 0.256. The zero-order chi connectivity index (χ0) is 6.69. The molecule has 0 aliphatic carbocycles. The molecular weight excluding hydrogens is 259 g/mol. The molecule has 5 nitrogen and oxygen atoms in total. The lowest BCUT2D eigenvalue weighted by Gasteiger charge is -1.68. The molecule has 0 atom stereocenters. The van der Waals surface area contributed by atoms with E-state index < -0.39 is 26.0 Å². The third kappa shape index (κ3) is 1.91. The monoisotopic (exact) mass is 260 g/mol. The van der Waals surface area contributed by atoms with Crippen LogP contribution in [0.5, 0.6) is 0 Å². The Morgan fingerprint density at radius 2 is 2.67 bits per heavy atom. The predicted octanol–water partition coefficient (Wildman–Crippen LogP) is 0.809. The Bertz CT molecular complexity index is 265. The summed E-state index contributed by atoms with van der Waals surface area (Å²) in [6.07, 6.45) is 0. The van der Waals surface area contributed by atoms with Crippen LogP contribution in [0.15, 0.2) is 12.5 Å². The first-order valence-electron chi connectivity index (χ1n) is 1.78. The highest BCUT2D eigenvalue weighted by atomic mass is 127. The summed E-state index contributed by atoms with van der Waals surface area (Å²) in [5.41, 5.74) is 0. The van der Waals surface area contributed by atoms with Crippen LogP contribution in [0.1, 0.15) is 0 Å². The minimum Gasteiger partial charge on any atom is -0.388 e. The summed E-state index contributed by atoms with van der Waals surface area (Å²) in [7, 11) is 0. The highest BCUT2D eigenvalue weighted by Crippen LogP contribution is 2.07. The third-order valence-corrected chi connectivity index (χ3v) is 2.38. The topological polar surface area (TPSA) is 75.7 Å². The average Bonchev–Trinajstić information content (AvgIpc) is 2.17. The van der Waals surface area contributed by atoms with E-state index in [0.29, 0.717) is 0 Å². The van der Waals surface area contributed by atoms with E-state index in [2.05, 4.69) is 12.1 Å². The maximum atomic E-state index is 10.2. The largest absolute Gasteiger partial charge is 0.415 e. The minimum atomic E-state index is -0.936. The Hall–Kier alpha value is -0.150. The molecule has 0 aromatic carbocycles. The van der Waals surface area contributed by atoms with E-state index in [1.165, 1.54) is 0 Å². The van der Waals surface area contributed by atoms with Crippen molar-refractivity contribution in [2.24, 2.45) is 3.31 Å². The number of hydrogen-bond acceptors (Lipinski definition) is 6. The molecule has 7 heteroatoms. The SMILES string of the molecule is O=c1oc(I=NO)ns1. The van der Waals surface area contributed by atoms with E-state index >= 15 is 0 Å². The van der Waals surface area contributed by atoms with Crippen LogP contribution in [0.3, 0.4) is 0 Å². The molecule has 0 amide bonds. The molecule has 0 fully saturated rings. The van der Waals surface area contributed by atoms with Crippen molar-refractivity contribution < 1.29 is 9.62 Å². The lowest BCUT2D eigenvalue weighted by Crippen LogP contribution is -1.80. The van der Waals surface area contributed by atoms with Gasteiger partial charge in [0.1, 0.15) is 21.0 Å². The van der Waals surface area contributed by atoms with Crippen molar-refractivity contribution in [3.05, 3.63) is 13.6 Å². The molecule has 0 radical (unpaired) electrons. The van der Waals surface area contributed by atoms with E-state index in [9.17, 15) is 4.79 Å². The van der Waals surface area contributed by atoms with E-state index in [-0.39, 0.29) is 3.90 Å². The van der Waals surface area contributed by atoms with Gasteiger partial charge in [-0.1, -0.05) is 0 Å². The second kappa shape index (κ2) is 3.13. The molecule has 1 heterocycles. The van der Waals surface area contributed by atoms with Crippen LogP contribution in [0.2, 0.25) is 0 Å². The lowest BCUT2D eigenvalue weighted by atomic mass is 11.5. The van der Waals surface area contributed by atoms with Crippen molar-refractivity contribution in [1.82, 2.24) is 4.37 Å². The van der Waals surface area contributed by atoms with Crippen LogP contribution in [0.25, 0.3) is 0 Å². The normalized spacial score (nSPS) is 11.7. The summed E-state index contributed by atoms with van der Waals surface area (Å²) in [4.78, 5) is 9.80. The summed E-state index contributed by atoms with van der Waals surface area (Å²) >= 11 is -0.208. The van der Waals surface area contributed by atoms with Gasteiger partial charge in [-0.05, 0) is 0 Å². The van der Waals surface area contributed by atoms with Gasteiger partial charge in [-0.25, -0.2) is 4.79 Å². The molecule has 0 aliphatic heterocycles. The summed E-state index contributed by atoms with van der Waals surface area (Å²) in [6.45, 7) is 0. The van der Waals surface area contributed by atoms with Gasteiger partial charge in [0.05, 0.1) is 11.5 Å². The van der Waals surface area contributed by atoms with Gasteiger partial charge in [-0.2, -0.15) is 0 Å². The second-order valence-electron chi connectivity index (χ2n) is 0.948. The summed E-state index contributed by atoms with van der Waals surface area (Å²) in [6, 6.07) is 0. The first-order valence-corrected chi connectivity index (χ1v) is 4.60. The highest BCUT2D eigenvalue weighted by Gasteiger charge is 1.96. The molecule has 1 aromatic heterocycles. The fraction of sp³-hybridized carbons (Fsp3) is 0. The number of aromatic nitrogens is 1. The van der Waals surface area contributed by atoms with Crippen LogP contribution in [0.4, 0.5) is 0 Å². The van der Waals surface area contributed by atoms with E-state index in [1.807, 2.05) is 0 Å². The zero-order valence-corrected chi connectivity index (χ0v) is 6.92. The van der Waals surface area contributed by atoms with Gasteiger partial charge in [0, 0.05) is 0 Å². The summed E-state index contributed by atoms with van der Waals surface area (Å²) in [5, 5.41) is 8.01. The molecule has 0 saturated carbocycles. The predicted molar refractivity (Wildman–Crippen MR) is 37.6 cm³/mol. The van der Waals surface area contributed by atoms with Crippen molar-refractivity contribution >= 4 is 32.6 Å². The lowest BCUT2D eigenvalue weighted by molar-refractivity contribution is 0.337. The molecule has 0 saturated heterocycles. The molecule has 1 rings (SSSR count). The Morgan fingerprint density at radius 1 is 1.89 bits per heavy atom. The van der Waals surface area contributed by atoms with E-state index in [1.54, 1.807) is 0 Å². The Balaban J connectivity index is 2.98. The van der Waals surface area contributed by atoms with Crippen LogP contribution < -0.4 is 4.94 Å². The van der Waals surface area contributed by atoms with Gasteiger partial charge in [0.2, 0.25) is 0 Å². The maximum Gasteiger partial charge on any atom is 0.415 e. The molecule has 50 valence electrons. The molecule has 0 bridgehead atoms. The smallest absolute Gasteiger partial charge is 0.388 e. The fourth-order valence-electron chi connectivity index (χ4n) is 0.244. The quantitative estimate of drug-likeness (QED) is 0.598. The maximum absolute atomic E-state index is 10.2. The number of rotatable bonds is 1. The average molecular weight is 260 g/mol. The van der Waals surface area contributed by atoms with Gasteiger partial charge in [-0.3, -0.25) is 5.21 Å². The standard InChI is InChI=1S/C2HIN2O3S/c6-2-8-1(3-5-7)4-9-2/h7H. The molecule has 0 spiro atoms.